The molecule has 0 spiro atoms. The Bertz CT molecular complexity index is 1490. The molecule has 222 valence electrons. The van der Waals surface area contributed by atoms with Crippen molar-refractivity contribution >= 4 is 40.3 Å². The molecule has 1 N–H and O–H groups in total. The number of rotatable bonds is 8. The Morgan fingerprint density at radius 3 is 2.67 bits per heavy atom. The maximum atomic E-state index is 14.4. The summed E-state index contributed by atoms with van der Waals surface area (Å²) in [6, 6.07) is 10.9. The maximum Gasteiger partial charge on any atom is 0.227 e. The van der Waals surface area contributed by atoms with E-state index in [0.717, 1.165) is 35.8 Å². The van der Waals surface area contributed by atoms with Crippen molar-refractivity contribution in [1.29, 1.82) is 0 Å². The standard InChI is InChI=1S/C32H37ClN4O5/c1-2-34-31(39)20-8-3-4-9-21(20)32(40)37-17-15-22-24(33)13-14-28(30(22)26(37)18-36-16-7-12-29(36)38)41-19-25-23-10-5-6-11-27(23)42-35-25/h5-6,10-11,13-14,20-21,26H,2-4,7-9,12,15-19H2,1H3,(H,34,39)/t20-,21+,26?/m0/s1. The molecule has 2 aliphatic heterocycles. The molecule has 1 saturated heterocycles. The molecule has 2 aromatic carbocycles. The van der Waals surface area contributed by atoms with Gasteiger partial charge in [-0.1, -0.05) is 41.7 Å². The van der Waals surface area contributed by atoms with Crippen LogP contribution in [0.1, 0.15) is 68.3 Å². The topological polar surface area (TPSA) is 105 Å². The smallest absolute Gasteiger partial charge is 0.227 e. The number of nitrogens with one attached hydrogen (secondary N) is 1. The third kappa shape index (κ3) is 5.46. The van der Waals surface area contributed by atoms with Crippen LogP contribution in [0.15, 0.2) is 40.9 Å². The summed E-state index contributed by atoms with van der Waals surface area (Å²) in [6.07, 6.45) is 5.10. The lowest BCUT2D eigenvalue weighted by molar-refractivity contribution is -0.147. The van der Waals surface area contributed by atoms with Crippen molar-refractivity contribution in [3.05, 3.63) is 58.2 Å². The van der Waals surface area contributed by atoms with Gasteiger partial charge in [0.05, 0.1) is 6.04 Å². The summed E-state index contributed by atoms with van der Waals surface area (Å²) in [5, 5.41) is 8.65. The van der Waals surface area contributed by atoms with Crippen molar-refractivity contribution in [3.8, 4) is 5.75 Å². The van der Waals surface area contributed by atoms with Crippen molar-refractivity contribution in [2.45, 2.75) is 64.5 Å². The molecule has 1 aromatic heterocycles. The molecule has 0 bridgehead atoms. The van der Waals surface area contributed by atoms with Crippen LogP contribution in [0.3, 0.4) is 0 Å². The van der Waals surface area contributed by atoms with Gasteiger partial charge in [0, 0.05) is 60.4 Å². The van der Waals surface area contributed by atoms with Crippen LogP contribution in [0.25, 0.3) is 11.0 Å². The van der Waals surface area contributed by atoms with Crippen molar-refractivity contribution < 1.29 is 23.6 Å². The lowest BCUT2D eigenvalue weighted by atomic mass is 9.77. The first kappa shape index (κ1) is 28.5. The minimum absolute atomic E-state index is 0.0262. The number of nitrogens with zero attached hydrogens (tertiary/aromatic N) is 3. The lowest BCUT2D eigenvalue weighted by Gasteiger charge is -2.43. The van der Waals surface area contributed by atoms with E-state index < -0.39 is 12.0 Å². The van der Waals surface area contributed by atoms with E-state index in [1.54, 1.807) is 0 Å². The van der Waals surface area contributed by atoms with Gasteiger partial charge in [0.1, 0.15) is 18.1 Å². The number of carbonyl (C=O) groups is 3. The van der Waals surface area contributed by atoms with Crippen LogP contribution in [0.2, 0.25) is 5.02 Å². The normalized spacial score (nSPS) is 22.3. The molecule has 1 saturated carbocycles. The van der Waals surface area contributed by atoms with E-state index in [0.29, 0.717) is 73.9 Å². The Morgan fingerprint density at radius 1 is 1.07 bits per heavy atom. The molecule has 3 heterocycles. The van der Waals surface area contributed by atoms with Crippen molar-refractivity contribution in [3.63, 3.8) is 0 Å². The molecular weight excluding hydrogens is 556 g/mol. The number of halogens is 1. The van der Waals surface area contributed by atoms with E-state index in [4.69, 9.17) is 20.9 Å². The molecule has 3 amide bonds. The van der Waals surface area contributed by atoms with Crippen molar-refractivity contribution in [2.75, 3.05) is 26.2 Å². The molecule has 6 rings (SSSR count). The van der Waals surface area contributed by atoms with Crippen LogP contribution in [-0.4, -0.2) is 58.9 Å². The Kier molecular flexibility index (Phi) is 8.38. The second kappa shape index (κ2) is 12.3. The van der Waals surface area contributed by atoms with Crippen LogP contribution >= 0.6 is 11.6 Å². The highest BCUT2D eigenvalue weighted by atomic mass is 35.5. The Balaban J connectivity index is 1.35. The van der Waals surface area contributed by atoms with E-state index in [2.05, 4.69) is 10.5 Å². The lowest BCUT2D eigenvalue weighted by Crippen LogP contribution is -2.51. The maximum absolute atomic E-state index is 14.4. The number of likely N-dealkylation sites (tertiary alicyclic amines) is 1. The number of amides is 3. The third-order valence-electron chi connectivity index (χ3n) is 9.01. The SMILES string of the molecule is CCNC(=O)[C@H]1CCCC[C@H]1C(=O)N1CCc2c(Cl)ccc(OCc3noc4ccccc34)c2C1CN1CCCC1=O. The van der Waals surface area contributed by atoms with E-state index >= 15 is 0 Å². The van der Waals surface area contributed by atoms with Crippen LogP contribution in [0, 0.1) is 11.8 Å². The highest BCUT2D eigenvalue weighted by Gasteiger charge is 2.43. The minimum Gasteiger partial charge on any atom is -0.487 e. The summed E-state index contributed by atoms with van der Waals surface area (Å²) >= 11 is 6.76. The van der Waals surface area contributed by atoms with Crippen molar-refractivity contribution in [1.82, 2.24) is 20.3 Å². The zero-order chi connectivity index (χ0) is 29.2. The van der Waals surface area contributed by atoms with Crippen LogP contribution in [0.5, 0.6) is 5.75 Å². The fourth-order valence-electron chi connectivity index (χ4n) is 6.91. The highest BCUT2D eigenvalue weighted by Crippen LogP contribution is 2.43. The summed E-state index contributed by atoms with van der Waals surface area (Å²) in [7, 11) is 0. The first-order valence-electron chi connectivity index (χ1n) is 15.1. The van der Waals surface area contributed by atoms with Gasteiger partial charge in [0.25, 0.3) is 0 Å². The summed E-state index contributed by atoms with van der Waals surface area (Å²) in [5.74, 6) is -0.121. The second-order valence-corrected chi connectivity index (χ2v) is 11.9. The average Bonchev–Trinajstić information content (AvgIpc) is 3.62. The highest BCUT2D eigenvalue weighted by molar-refractivity contribution is 6.31. The van der Waals surface area contributed by atoms with E-state index in [1.165, 1.54) is 0 Å². The van der Waals surface area contributed by atoms with Crippen molar-refractivity contribution in [2.24, 2.45) is 11.8 Å². The zero-order valence-electron chi connectivity index (χ0n) is 23.9. The second-order valence-electron chi connectivity index (χ2n) is 11.5. The summed E-state index contributed by atoms with van der Waals surface area (Å²) < 4.78 is 11.9. The summed E-state index contributed by atoms with van der Waals surface area (Å²) in [6.45, 7) is 4.09. The molecule has 42 heavy (non-hydrogen) atoms. The fourth-order valence-corrected chi connectivity index (χ4v) is 7.17. The molecule has 0 radical (unpaired) electrons. The molecule has 3 aliphatic rings. The Hall–Kier alpha value is -3.59. The summed E-state index contributed by atoms with van der Waals surface area (Å²) in [5.41, 5.74) is 3.13. The predicted molar refractivity (Wildman–Crippen MR) is 158 cm³/mol. The van der Waals surface area contributed by atoms with Crippen LogP contribution in [0.4, 0.5) is 0 Å². The molecule has 10 heteroatoms. The van der Waals surface area contributed by atoms with Crippen LogP contribution in [-0.2, 0) is 27.4 Å². The fraction of sp³-hybridized carbons (Fsp3) is 0.500. The molecule has 1 unspecified atom stereocenters. The van der Waals surface area contributed by atoms with Gasteiger partial charge < -0.3 is 24.4 Å². The van der Waals surface area contributed by atoms with E-state index in [9.17, 15) is 14.4 Å². The number of para-hydroxylation sites is 1. The molecule has 1 aliphatic carbocycles. The third-order valence-corrected chi connectivity index (χ3v) is 9.36. The van der Waals surface area contributed by atoms with E-state index in [-0.39, 0.29) is 30.2 Å². The minimum atomic E-state index is -0.442. The average molecular weight is 593 g/mol. The van der Waals surface area contributed by atoms with Gasteiger partial charge in [-0.15, -0.1) is 0 Å². The number of ether oxygens (including phenoxy) is 1. The van der Waals surface area contributed by atoms with Gasteiger partial charge >= 0.3 is 0 Å². The van der Waals surface area contributed by atoms with Crippen LogP contribution < -0.4 is 10.1 Å². The van der Waals surface area contributed by atoms with Gasteiger partial charge in [-0.2, -0.15) is 0 Å². The van der Waals surface area contributed by atoms with Gasteiger partial charge in [-0.25, -0.2) is 0 Å². The Labute approximate surface area is 250 Å². The quantitative estimate of drug-likeness (QED) is 0.392. The van der Waals surface area contributed by atoms with Gasteiger partial charge in [-0.3, -0.25) is 14.4 Å². The number of hydrogen-bond acceptors (Lipinski definition) is 6. The predicted octanol–water partition coefficient (Wildman–Crippen LogP) is 5.05. The first-order chi connectivity index (χ1) is 20.5. The number of benzene rings is 2. The number of fused-ring (bicyclic) bond motifs is 2. The number of hydrogen-bond donors (Lipinski definition) is 1. The molecule has 9 nitrogen and oxygen atoms in total. The molecule has 3 atom stereocenters. The molecule has 3 aromatic rings. The summed E-state index contributed by atoms with van der Waals surface area (Å²) in [4.78, 5) is 43.9. The monoisotopic (exact) mass is 592 g/mol. The Morgan fingerprint density at radius 2 is 1.88 bits per heavy atom. The van der Waals surface area contributed by atoms with Gasteiger partial charge in [0.15, 0.2) is 5.58 Å². The first-order valence-corrected chi connectivity index (χ1v) is 15.5. The molecular formula is C32H37ClN4O5. The number of carbonyl (C=O) groups excluding carboxylic acids is 3. The zero-order valence-corrected chi connectivity index (χ0v) is 24.7. The van der Waals surface area contributed by atoms with Gasteiger partial charge in [-0.05, 0) is 62.4 Å². The number of aromatic nitrogens is 1. The van der Waals surface area contributed by atoms with E-state index in [1.807, 2.05) is 53.1 Å². The molecule has 2 fully saturated rings. The van der Waals surface area contributed by atoms with Gasteiger partial charge in [0.2, 0.25) is 17.7 Å². The largest absolute Gasteiger partial charge is 0.487 e.